The second kappa shape index (κ2) is 10.2. The first-order valence-corrected chi connectivity index (χ1v) is 14.5. The van der Waals surface area contributed by atoms with Gasteiger partial charge >= 0.3 is 11.9 Å². The molecule has 198 valence electrons. The minimum Gasteiger partial charge on any atom is -0.458 e. The summed E-state index contributed by atoms with van der Waals surface area (Å²) in [6.07, 6.45) is 13.9. The molecule has 0 N–H and O–H groups in total. The van der Waals surface area contributed by atoms with Crippen LogP contribution in [-0.2, 0) is 19.1 Å². The third-order valence-electron chi connectivity index (χ3n) is 10.9. The largest absolute Gasteiger partial charge is 0.458 e. The van der Waals surface area contributed by atoms with Crippen molar-refractivity contribution in [1.29, 1.82) is 0 Å². The maximum atomic E-state index is 12.0. The minimum absolute atomic E-state index is 0.0297. The summed E-state index contributed by atoms with van der Waals surface area (Å²) in [6, 6.07) is 0. The molecule has 4 rings (SSSR count). The van der Waals surface area contributed by atoms with Crippen molar-refractivity contribution < 1.29 is 19.1 Å². The highest BCUT2D eigenvalue weighted by molar-refractivity contribution is 5.68. The Labute approximate surface area is 214 Å². The highest BCUT2D eigenvalue weighted by atomic mass is 16.6. The number of esters is 2. The van der Waals surface area contributed by atoms with Gasteiger partial charge in [-0.25, -0.2) is 0 Å². The first-order valence-electron chi connectivity index (χ1n) is 14.5. The summed E-state index contributed by atoms with van der Waals surface area (Å²) < 4.78 is 11.5. The molecular formula is C31H50O4. The lowest BCUT2D eigenvalue weighted by Gasteiger charge is -2.59. The van der Waals surface area contributed by atoms with Crippen LogP contribution in [0, 0.1) is 46.3 Å². The fourth-order valence-corrected chi connectivity index (χ4v) is 9.36. The average Bonchev–Trinajstić information content (AvgIpc) is 3.12. The fraction of sp³-hybridized carbons (Fsp3) is 0.871. The molecule has 9 atom stereocenters. The van der Waals surface area contributed by atoms with E-state index in [1.165, 1.54) is 64.4 Å². The van der Waals surface area contributed by atoms with Gasteiger partial charge in [-0.3, -0.25) is 9.59 Å². The van der Waals surface area contributed by atoms with E-state index < -0.39 is 6.10 Å². The van der Waals surface area contributed by atoms with E-state index in [2.05, 4.69) is 40.7 Å². The molecule has 0 aromatic carbocycles. The molecule has 4 aliphatic rings. The van der Waals surface area contributed by atoms with E-state index in [0.29, 0.717) is 11.3 Å². The summed E-state index contributed by atoms with van der Waals surface area (Å²) in [4.78, 5) is 23.8. The van der Waals surface area contributed by atoms with Gasteiger partial charge in [-0.1, -0.05) is 60.0 Å². The number of hydrogen-bond acceptors (Lipinski definition) is 4. The van der Waals surface area contributed by atoms with E-state index in [1.807, 2.05) is 0 Å². The predicted octanol–water partition coefficient (Wildman–Crippen LogP) is 7.50. The molecule has 4 aliphatic carbocycles. The van der Waals surface area contributed by atoms with E-state index in [-0.39, 0.29) is 23.5 Å². The molecule has 0 spiro atoms. The summed E-state index contributed by atoms with van der Waals surface area (Å²) in [5.74, 6) is 4.04. The van der Waals surface area contributed by atoms with Gasteiger partial charge in [-0.15, -0.1) is 0 Å². The van der Waals surface area contributed by atoms with Gasteiger partial charge < -0.3 is 9.47 Å². The van der Waals surface area contributed by atoms with E-state index in [9.17, 15) is 9.59 Å². The second-order valence-corrected chi connectivity index (χ2v) is 13.4. The van der Waals surface area contributed by atoms with Crippen molar-refractivity contribution in [2.24, 2.45) is 46.3 Å². The van der Waals surface area contributed by atoms with Crippen LogP contribution in [0.3, 0.4) is 0 Å². The van der Waals surface area contributed by atoms with Crippen LogP contribution in [0.15, 0.2) is 11.6 Å². The van der Waals surface area contributed by atoms with Crippen molar-refractivity contribution in [3.63, 3.8) is 0 Å². The summed E-state index contributed by atoms with van der Waals surface area (Å²) in [7, 11) is 0. The van der Waals surface area contributed by atoms with E-state index >= 15 is 0 Å². The molecule has 35 heavy (non-hydrogen) atoms. The van der Waals surface area contributed by atoms with Gasteiger partial charge in [0, 0.05) is 13.8 Å². The van der Waals surface area contributed by atoms with Crippen LogP contribution in [0.4, 0.5) is 0 Å². The van der Waals surface area contributed by atoms with Crippen LogP contribution >= 0.6 is 0 Å². The Kier molecular flexibility index (Phi) is 7.80. The summed E-state index contributed by atoms with van der Waals surface area (Å²) in [5.41, 5.74) is 1.72. The van der Waals surface area contributed by atoms with Crippen LogP contribution in [-0.4, -0.2) is 24.1 Å². The van der Waals surface area contributed by atoms with E-state index in [1.54, 1.807) is 0 Å². The Morgan fingerprint density at radius 2 is 1.66 bits per heavy atom. The molecule has 0 aliphatic heterocycles. The Morgan fingerprint density at radius 1 is 0.943 bits per heavy atom. The van der Waals surface area contributed by atoms with Gasteiger partial charge in [0.2, 0.25) is 0 Å². The average molecular weight is 487 g/mol. The molecule has 0 radical (unpaired) electrons. The zero-order chi connectivity index (χ0) is 25.5. The van der Waals surface area contributed by atoms with Crippen LogP contribution in [0.2, 0.25) is 0 Å². The van der Waals surface area contributed by atoms with Crippen LogP contribution in [0.25, 0.3) is 0 Å². The highest BCUT2D eigenvalue weighted by Gasteiger charge is 2.60. The number of fused-ring (bicyclic) bond motifs is 5. The molecule has 0 bridgehead atoms. The molecule has 4 nitrogen and oxygen atoms in total. The van der Waals surface area contributed by atoms with Crippen molar-refractivity contribution in [2.45, 2.75) is 125 Å². The number of rotatable bonds is 7. The zero-order valence-corrected chi connectivity index (χ0v) is 23.4. The van der Waals surface area contributed by atoms with Crippen LogP contribution < -0.4 is 0 Å². The van der Waals surface area contributed by atoms with Gasteiger partial charge in [0.15, 0.2) is 6.10 Å². The van der Waals surface area contributed by atoms with Crippen LogP contribution in [0.1, 0.15) is 113 Å². The SMILES string of the molecule is CC(=O)O[C@@H]1CC[C@]2(C)C(=CC[C@H]3[C@@H]4CC[C@H]([C@H](C)CCCC(C)C)[C@]4(C)CC[C@@H]32)[C@@H]1OC(C)=O. The Balaban J connectivity index is 1.55. The monoisotopic (exact) mass is 486 g/mol. The third-order valence-corrected chi connectivity index (χ3v) is 10.9. The van der Waals surface area contributed by atoms with Crippen molar-refractivity contribution in [3.05, 3.63) is 11.6 Å². The Bertz CT molecular complexity index is 830. The quantitative estimate of drug-likeness (QED) is 0.276. The Hall–Kier alpha value is -1.32. The van der Waals surface area contributed by atoms with Crippen molar-refractivity contribution in [2.75, 3.05) is 0 Å². The van der Waals surface area contributed by atoms with Gasteiger partial charge in [-0.2, -0.15) is 0 Å². The zero-order valence-electron chi connectivity index (χ0n) is 23.4. The van der Waals surface area contributed by atoms with Crippen molar-refractivity contribution in [3.8, 4) is 0 Å². The Morgan fingerprint density at radius 3 is 2.31 bits per heavy atom. The molecular weight excluding hydrogens is 436 g/mol. The molecule has 3 saturated carbocycles. The standard InChI is InChI=1S/C31H50O4/c1-19(2)9-8-10-20(3)24-13-14-25-23-11-12-27-29(35-22(5)33)28(34-21(4)32)16-18-31(27,7)26(23)15-17-30(24,25)6/h12,19-20,23-26,28-29H,8-11,13-18H2,1-7H3/t20-,23+,24-,25+,26+,28-,29+,30+,31+/m1/s1. The van der Waals surface area contributed by atoms with Crippen LogP contribution in [0.5, 0.6) is 0 Å². The lowest BCUT2D eigenvalue weighted by atomic mass is 9.46. The van der Waals surface area contributed by atoms with Gasteiger partial charge in [0.1, 0.15) is 6.10 Å². The molecule has 0 aromatic rings. The van der Waals surface area contributed by atoms with E-state index in [4.69, 9.17) is 9.47 Å². The second-order valence-electron chi connectivity index (χ2n) is 13.4. The summed E-state index contributed by atoms with van der Waals surface area (Å²) in [5, 5.41) is 0. The minimum atomic E-state index is -0.429. The summed E-state index contributed by atoms with van der Waals surface area (Å²) in [6.45, 7) is 15.2. The fourth-order valence-electron chi connectivity index (χ4n) is 9.36. The molecule has 0 saturated heterocycles. The third kappa shape index (κ3) is 4.97. The normalized spacial score (nSPS) is 41.3. The first kappa shape index (κ1) is 26.7. The smallest absolute Gasteiger partial charge is 0.303 e. The molecule has 0 heterocycles. The lowest BCUT2D eigenvalue weighted by molar-refractivity contribution is -0.170. The predicted molar refractivity (Wildman–Crippen MR) is 140 cm³/mol. The molecule has 4 heteroatoms. The maximum Gasteiger partial charge on any atom is 0.303 e. The number of carbonyl (C=O) groups is 2. The first-order chi connectivity index (χ1) is 16.5. The lowest BCUT2D eigenvalue weighted by Crippen LogP contribution is -2.55. The molecule has 0 aromatic heterocycles. The van der Waals surface area contributed by atoms with Gasteiger partial charge in [-0.05, 0) is 96.9 Å². The van der Waals surface area contributed by atoms with Crippen molar-refractivity contribution in [1.82, 2.24) is 0 Å². The number of hydrogen-bond donors (Lipinski definition) is 0. The molecule has 3 fully saturated rings. The number of allylic oxidation sites excluding steroid dienone is 1. The van der Waals surface area contributed by atoms with Gasteiger partial charge in [0.25, 0.3) is 0 Å². The number of carbonyl (C=O) groups excluding carboxylic acids is 2. The number of ether oxygens (including phenoxy) is 2. The van der Waals surface area contributed by atoms with Gasteiger partial charge in [0.05, 0.1) is 0 Å². The highest BCUT2D eigenvalue weighted by Crippen LogP contribution is 2.67. The van der Waals surface area contributed by atoms with E-state index in [0.717, 1.165) is 48.9 Å². The molecule has 0 unspecified atom stereocenters. The summed E-state index contributed by atoms with van der Waals surface area (Å²) >= 11 is 0. The van der Waals surface area contributed by atoms with Crippen molar-refractivity contribution >= 4 is 11.9 Å². The molecule has 0 amide bonds. The topological polar surface area (TPSA) is 52.6 Å². The maximum absolute atomic E-state index is 12.0.